The molecule has 104 valence electrons. The Kier molecular flexibility index (Phi) is 4.07. The minimum atomic E-state index is 0.215. The molecule has 3 heteroatoms. The van der Waals surface area contributed by atoms with Crippen LogP contribution in [0.15, 0.2) is 42.7 Å². The Bertz CT molecular complexity index is 549. The molecule has 1 aromatic heterocycles. The molecule has 0 amide bonds. The van der Waals surface area contributed by atoms with Gasteiger partial charge in [-0.1, -0.05) is 37.6 Å². The summed E-state index contributed by atoms with van der Waals surface area (Å²) < 4.78 is 0. The average molecular weight is 267 g/mol. The highest BCUT2D eigenvalue weighted by Gasteiger charge is 2.25. The van der Waals surface area contributed by atoms with Crippen LogP contribution in [0.1, 0.15) is 54.8 Å². The molecule has 0 bridgehead atoms. The summed E-state index contributed by atoms with van der Waals surface area (Å²) in [5.41, 5.74) is 4.09. The second kappa shape index (κ2) is 6.14. The Morgan fingerprint density at radius 1 is 1.20 bits per heavy atom. The molecule has 1 saturated carbocycles. The zero-order valence-electron chi connectivity index (χ0n) is 11.9. The number of benzene rings is 1. The van der Waals surface area contributed by atoms with Crippen molar-refractivity contribution >= 4 is 0 Å². The molecule has 3 nitrogen and oxygen atoms in total. The van der Waals surface area contributed by atoms with Gasteiger partial charge in [-0.2, -0.15) is 10.2 Å². The molecule has 0 aliphatic heterocycles. The standard InChI is InChI=1S/C17H21N3/c1-2-18-17(14-10-11-19-20-12-14)16-9-4-3-8-15(16)13-6-5-7-13/h3-4,8-13,17-18H,2,5-7H2,1H3. The zero-order valence-corrected chi connectivity index (χ0v) is 11.9. The lowest BCUT2D eigenvalue weighted by Crippen LogP contribution is -2.24. The van der Waals surface area contributed by atoms with E-state index in [1.165, 1.54) is 36.0 Å². The summed E-state index contributed by atoms with van der Waals surface area (Å²) in [4.78, 5) is 0. The largest absolute Gasteiger partial charge is 0.306 e. The van der Waals surface area contributed by atoms with Crippen molar-refractivity contribution in [2.45, 2.75) is 38.1 Å². The number of nitrogens with one attached hydrogen (secondary N) is 1. The summed E-state index contributed by atoms with van der Waals surface area (Å²) in [5, 5.41) is 11.5. The minimum absolute atomic E-state index is 0.215. The highest BCUT2D eigenvalue weighted by atomic mass is 15.1. The number of hydrogen-bond acceptors (Lipinski definition) is 3. The van der Waals surface area contributed by atoms with Gasteiger partial charge < -0.3 is 5.32 Å². The maximum atomic E-state index is 4.03. The second-order valence-corrected chi connectivity index (χ2v) is 5.42. The molecule has 0 radical (unpaired) electrons. The first-order chi connectivity index (χ1) is 9.90. The summed E-state index contributed by atoms with van der Waals surface area (Å²) in [6.07, 6.45) is 7.65. The molecule has 1 aliphatic carbocycles. The molecule has 1 aromatic carbocycles. The molecule has 1 heterocycles. The van der Waals surface area contributed by atoms with Gasteiger partial charge in [0.05, 0.1) is 12.2 Å². The van der Waals surface area contributed by atoms with E-state index >= 15 is 0 Å². The van der Waals surface area contributed by atoms with Crippen LogP contribution in [-0.4, -0.2) is 16.7 Å². The van der Waals surface area contributed by atoms with Crippen molar-refractivity contribution in [3.8, 4) is 0 Å². The van der Waals surface area contributed by atoms with Crippen molar-refractivity contribution in [3.05, 3.63) is 59.4 Å². The van der Waals surface area contributed by atoms with Crippen LogP contribution in [0.25, 0.3) is 0 Å². The molecule has 1 aliphatic rings. The Balaban J connectivity index is 1.99. The number of hydrogen-bond donors (Lipinski definition) is 1. The topological polar surface area (TPSA) is 37.8 Å². The van der Waals surface area contributed by atoms with E-state index in [1.807, 2.05) is 6.20 Å². The molecule has 1 fully saturated rings. The predicted molar refractivity (Wildman–Crippen MR) is 80.6 cm³/mol. The van der Waals surface area contributed by atoms with Gasteiger partial charge in [0.2, 0.25) is 0 Å². The van der Waals surface area contributed by atoms with Gasteiger partial charge in [0.15, 0.2) is 0 Å². The molecule has 3 rings (SSSR count). The van der Waals surface area contributed by atoms with E-state index in [0.29, 0.717) is 0 Å². The molecular formula is C17H21N3. The highest BCUT2D eigenvalue weighted by molar-refractivity contribution is 5.39. The molecule has 0 saturated heterocycles. The minimum Gasteiger partial charge on any atom is -0.306 e. The van der Waals surface area contributed by atoms with E-state index in [4.69, 9.17) is 0 Å². The van der Waals surface area contributed by atoms with Gasteiger partial charge in [-0.25, -0.2) is 0 Å². The number of nitrogens with zero attached hydrogens (tertiary/aromatic N) is 2. The highest BCUT2D eigenvalue weighted by Crippen LogP contribution is 2.40. The van der Waals surface area contributed by atoms with Gasteiger partial charge in [-0.3, -0.25) is 0 Å². The lowest BCUT2D eigenvalue weighted by Gasteiger charge is -2.30. The van der Waals surface area contributed by atoms with Gasteiger partial charge in [-0.05, 0) is 48.1 Å². The van der Waals surface area contributed by atoms with Crippen LogP contribution in [0.4, 0.5) is 0 Å². The van der Waals surface area contributed by atoms with E-state index in [1.54, 1.807) is 6.20 Å². The van der Waals surface area contributed by atoms with Crippen LogP contribution >= 0.6 is 0 Å². The first-order valence-corrected chi connectivity index (χ1v) is 7.49. The smallest absolute Gasteiger partial charge is 0.0595 e. The van der Waals surface area contributed by atoms with E-state index in [0.717, 1.165) is 12.5 Å². The molecule has 0 spiro atoms. The fourth-order valence-corrected chi connectivity index (χ4v) is 2.95. The fraction of sp³-hybridized carbons (Fsp3) is 0.412. The maximum absolute atomic E-state index is 4.03. The van der Waals surface area contributed by atoms with Crippen LogP contribution in [0.3, 0.4) is 0 Å². The lowest BCUT2D eigenvalue weighted by atomic mass is 9.76. The normalized spacial score (nSPS) is 16.6. The van der Waals surface area contributed by atoms with Gasteiger partial charge in [0.1, 0.15) is 0 Å². The van der Waals surface area contributed by atoms with Crippen molar-refractivity contribution in [2.75, 3.05) is 6.54 Å². The van der Waals surface area contributed by atoms with Crippen LogP contribution in [0.2, 0.25) is 0 Å². The van der Waals surface area contributed by atoms with Crippen LogP contribution in [0, 0.1) is 0 Å². The maximum Gasteiger partial charge on any atom is 0.0595 e. The van der Waals surface area contributed by atoms with Crippen molar-refractivity contribution < 1.29 is 0 Å². The molecular weight excluding hydrogens is 246 g/mol. The third-order valence-corrected chi connectivity index (χ3v) is 4.20. The second-order valence-electron chi connectivity index (χ2n) is 5.42. The Morgan fingerprint density at radius 3 is 2.70 bits per heavy atom. The Morgan fingerprint density at radius 2 is 2.05 bits per heavy atom. The third kappa shape index (κ3) is 2.59. The van der Waals surface area contributed by atoms with E-state index in [2.05, 4.69) is 52.8 Å². The molecule has 20 heavy (non-hydrogen) atoms. The summed E-state index contributed by atoms with van der Waals surface area (Å²) in [7, 11) is 0. The predicted octanol–water partition coefficient (Wildman–Crippen LogP) is 3.44. The van der Waals surface area contributed by atoms with Gasteiger partial charge in [-0.15, -0.1) is 0 Å². The number of rotatable bonds is 5. The van der Waals surface area contributed by atoms with Crippen molar-refractivity contribution in [1.29, 1.82) is 0 Å². The third-order valence-electron chi connectivity index (χ3n) is 4.20. The summed E-state index contributed by atoms with van der Waals surface area (Å²) in [5.74, 6) is 0.738. The van der Waals surface area contributed by atoms with Gasteiger partial charge in [0, 0.05) is 6.20 Å². The van der Waals surface area contributed by atoms with E-state index in [-0.39, 0.29) is 6.04 Å². The first-order valence-electron chi connectivity index (χ1n) is 7.49. The SMILES string of the molecule is CCNC(c1ccnnc1)c1ccccc1C1CCC1. The van der Waals surface area contributed by atoms with E-state index < -0.39 is 0 Å². The number of aromatic nitrogens is 2. The molecule has 1 N–H and O–H groups in total. The molecule has 1 unspecified atom stereocenters. The van der Waals surface area contributed by atoms with Crippen molar-refractivity contribution in [2.24, 2.45) is 0 Å². The van der Waals surface area contributed by atoms with E-state index in [9.17, 15) is 0 Å². The molecule has 1 atom stereocenters. The average Bonchev–Trinajstić information content (AvgIpc) is 2.45. The van der Waals surface area contributed by atoms with Crippen molar-refractivity contribution in [1.82, 2.24) is 15.5 Å². The summed E-state index contributed by atoms with van der Waals surface area (Å²) in [6.45, 7) is 3.08. The Hall–Kier alpha value is -1.74. The summed E-state index contributed by atoms with van der Waals surface area (Å²) in [6, 6.07) is 11.1. The first kappa shape index (κ1) is 13.3. The zero-order chi connectivity index (χ0) is 13.8. The van der Waals surface area contributed by atoms with Gasteiger partial charge in [0.25, 0.3) is 0 Å². The fourth-order valence-electron chi connectivity index (χ4n) is 2.95. The lowest BCUT2D eigenvalue weighted by molar-refractivity contribution is 0.414. The van der Waals surface area contributed by atoms with Crippen molar-refractivity contribution in [3.63, 3.8) is 0 Å². The van der Waals surface area contributed by atoms with Crippen LogP contribution < -0.4 is 5.32 Å². The van der Waals surface area contributed by atoms with Crippen LogP contribution in [-0.2, 0) is 0 Å². The monoisotopic (exact) mass is 267 g/mol. The Labute approximate surface area is 120 Å². The molecule has 2 aromatic rings. The quantitative estimate of drug-likeness (QED) is 0.901. The van der Waals surface area contributed by atoms with Crippen LogP contribution in [0.5, 0.6) is 0 Å². The summed E-state index contributed by atoms with van der Waals surface area (Å²) >= 11 is 0. The van der Waals surface area contributed by atoms with Gasteiger partial charge >= 0.3 is 0 Å².